The van der Waals surface area contributed by atoms with Crippen LogP contribution in [-0.2, 0) is 0 Å². The minimum absolute atomic E-state index is 0. The van der Waals surface area contributed by atoms with Crippen molar-refractivity contribution >= 4 is 46.4 Å². The molecule has 6 heavy (non-hydrogen) atoms. The first-order valence-corrected chi connectivity index (χ1v) is 1.71. The van der Waals surface area contributed by atoms with Crippen LogP contribution in [0, 0.1) is 0 Å². The fourth-order valence-electron chi connectivity index (χ4n) is 0. The quantitative estimate of drug-likeness (QED) is 0.288. The molecule has 0 spiro atoms. The largest absolute Gasteiger partial charge is 2.00 e. The summed E-state index contributed by atoms with van der Waals surface area (Å²) in [5.74, 6) is 0. The fraction of sp³-hybridized carbons (Fsp3) is 0. The molecule has 0 aromatic carbocycles. The fourth-order valence-corrected chi connectivity index (χ4v) is 0. The van der Waals surface area contributed by atoms with Gasteiger partial charge in [0, 0.05) is 0 Å². The summed E-state index contributed by atoms with van der Waals surface area (Å²) in [7, 11) is -3.12. The second-order valence-electron chi connectivity index (χ2n) is 0.241. The Morgan fingerprint density at radius 2 is 1.50 bits per heavy atom. The van der Waals surface area contributed by atoms with Crippen molar-refractivity contribution in [1.82, 2.24) is 0 Å². The predicted octanol–water partition coefficient (Wildman–Crippen LogP) is -2.87. The van der Waals surface area contributed by atoms with Crippen molar-refractivity contribution < 1.29 is 47.8 Å². The molecule has 2 nitrogen and oxygen atoms in total. The van der Waals surface area contributed by atoms with Crippen LogP contribution in [0.15, 0.2) is 0 Å². The van der Waals surface area contributed by atoms with E-state index in [0.717, 1.165) is 0 Å². The van der Waals surface area contributed by atoms with E-state index in [0.29, 0.717) is 0 Å². The second kappa shape index (κ2) is 10.5. The first-order valence-electron chi connectivity index (χ1n) is 0.569. The van der Waals surface area contributed by atoms with Crippen molar-refractivity contribution in [1.29, 1.82) is 0 Å². The molecule has 2 N–H and O–H groups in total. The van der Waals surface area contributed by atoms with E-state index in [-0.39, 0.29) is 71.6 Å². The Bertz CT molecular complexity index is 26.5. The van der Waals surface area contributed by atoms with Crippen LogP contribution < -0.4 is 29.6 Å². The van der Waals surface area contributed by atoms with Gasteiger partial charge in [-0.25, -0.2) is 0 Å². The maximum absolute atomic E-state index is 10.2. The molecule has 0 atom stereocenters. The van der Waals surface area contributed by atoms with Gasteiger partial charge in [-0.2, -0.15) is 4.20 Å². The summed E-state index contributed by atoms with van der Waals surface area (Å²) in [6, 6.07) is 0. The summed E-state index contributed by atoms with van der Waals surface area (Å²) in [5.41, 5.74) is 0. The van der Waals surface area contributed by atoms with Gasteiger partial charge in [-0.1, -0.05) is 0 Å². The third kappa shape index (κ3) is 31.1. The molecule has 0 saturated carbocycles. The van der Waals surface area contributed by atoms with Gasteiger partial charge in [0.25, 0.3) is 0 Å². The van der Waals surface area contributed by atoms with E-state index in [9.17, 15) is 4.20 Å². The van der Waals surface area contributed by atoms with Crippen LogP contribution in [0.25, 0.3) is 0 Å². The Kier molecular flexibility index (Phi) is 27.7. The molecule has 0 saturated heterocycles. The SMILES string of the molecule is OP(O)F.[Ca+2].[H-].[H-].[H-].[Na+]. The normalized spacial score (nSPS) is 6.00. The molecule has 0 aromatic rings. The third-order valence-corrected chi connectivity index (χ3v) is 0. The van der Waals surface area contributed by atoms with Gasteiger partial charge in [0.15, 0.2) is 0 Å². The van der Waals surface area contributed by atoms with E-state index < -0.39 is 8.69 Å². The monoisotopic (exact) mass is 150 g/mol. The summed E-state index contributed by atoms with van der Waals surface area (Å²) in [6.07, 6.45) is 0. The molecule has 0 rings (SSSR count). The van der Waals surface area contributed by atoms with Crippen molar-refractivity contribution in [2.24, 2.45) is 0 Å². The van der Waals surface area contributed by atoms with Crippen LogP contribution in [0.2, 0.25) is 0 Å². The van der Waals surface area contributed by atoms with Crippen molar-refractivity contribution in [3.63, 3.8) is 0 Å². The first-order chi connectivity index (χ1) is 1.73. The van der Waals surface area contributed by atoms with Crippen molar-refractivity contribution in [2.45, 2.75) is 0 Å². The Balaban J connectivity index is -0.00000000450. The van der Waals surface area contributed by atoms with Gasteiger partial charge < -0.3 is 14.1 Å². The predicted molar refractivity (Wildman–Crippen MR) is 21.6 cm³/mol. The van der Waals surface area contributed by atoms with E-state index >= 15 is 0 Å². The van der Waals surface area contributed by atoms with E-state index in [1.807, 2.05) is 0 Å². The average molecular weight is 150 g/mol. The van der Waals surface area contributed by atoms with Gasteiger partial charge in [0.1, 0.15) is 0 Å². The molecular weight excluding hydrogens is 145 g/mol. The van der Waals surface area contributed by atoms with Crippen LogP contribution in [0.1, 0.15) is 4.28 Å². The van der Waals surface area contributed by atoms with Crippen LogP contribution in [-0.4, -0.2) is 47.5 Å². The average Bonchev–Trinajstić information content (AvgIpc) is 0.811. The zero-order valence-corrected chi connectivity index (χ0v) is 8.53. The van der Waals surface area contributed by atoms with Crippen LogP contribution in [0.3, 0.4) is 0 Å². The topological polar surface area (TPSA) is 40.5 Å². The molecule has 0 amide bonds. The molecule has 0 radical (unpaired) electrons. The molecule has 6 heteroatoms. The smallest absolute Gasteiger partial charge is 1.00 e. The van der Waals surface area contributed by atoms with Gasteiger partial charge in [-0.3, -0.25) is 0 Å². The zero-order chi connectivity index (χ0) is 3.58. The Morgan fingerprint density at radius 3 is 1.50 bits per heavy atom. The molecule has 0 unspecified atom stereocenters. The van der Waals surface area contributed by atoms with Crippen molar-refractivity contribution in [3.05, 3.63) is 0 Å². The molecule has 32 valence electrons. The summed E-state index contributed by atoms with van der Waals surface area (Å²) >= 11 is 0. The van der Waals surface area contributed by atoms with Crippen molar-refractivity contribution in [2.75, 3.05) is 0 Å². The Morgan fingerprint density at radius 1 is 1.50 bits per heavy atom. The maximum Gasteiger partial charge on any atom is 2.00 e. The summed E-state index contributed by atoms with van der Waals surface area (Å²) in [6.45, 7) is 0. The molecule has 0 aliphatic heterocycles. The van der Waals surface area contributed by atoms with E-state index in [2.05, 4.69) is 0 Å². The third-order valence-electron chi connectivity index (χ3n) is 0. The first kappa shape index (κ1) is 15.8. The molecule has 0 bridgehead atoms. The summed E-state index contributed by atoms with van der Waals surface area (Å²) < 4.78 is 10.2. The molecule has 0 aliphatic rings. The van der Waals surface area contributed by atoms with E-state index in [1.54, 1.807) is 0 Å². The standard InChI is InChI=1S/Ca.FH2O2P.Na.3H/c;1-4(2)3;;;;/h;2-3H;;;;/q+2;;+1;3*-1. The second-order valence-corrected chi connectivity index (χ2v) is 0.722. The zero-order valence-electron chi connectivity index (χ0n) is 6.43. The van der Waals surface area contributed by atoms with E-state index in [1.165, 1.54) is 0 Å². The van der Waals surface area contributed by atoms with Gasteiger partial charge in [0.05, 0.1) is 0 Å². The summed E-state index contributed by atoms with van der Waals surface area (Å²) in [4.78, 5) is 14.0. The van der Waals surface area contributed by atoms with E-state index in [4.69, 9.17) is 9.79 Å². The Labute approximate surface area is 92.9 Å². The summed E-state index contributed by atoms with van der Waals surface area (Å²) in [5, 5.41) is 0. The maximum atomic E-state index is 10.2. The number of hydrogen-bond acceptors (Lipinski definition) is 2. The number of hydrogen-bond donors (Lipinski definition) is 2. The minimum atomic E-state index is -3.12. The van der Waals surface area contributed by atoms with Crippen LogP contribution in [0.5, 0.6) is 0 Å². The van der Waals surface area contributed by atoms with Gasteiger partial charge in [-0.05, 0) is 0 Å². The number of rotatable bonds is 0. The molecule has 0 aliphatic carbocycles. The number of halogens is 1. The van der Waals surface area contributed by atoms with Crippen LogP contribution in [0.4, 0.5) is 4.20 Å². The molecule has 0 aromatic heterocycles. The van der Waals surface area contributed by atoms with Crippen LogP contribution >= 0.6 is 8.69 Å². The molecule has 0 heterocycles. The molecule has 0 fully saturated rings. The minimum Gasteiger partial charge on any atom is -1.00 e. The van der Waals surface area contributed by atoms with Gasteiger partial charge in [0.2, 0.25) is 0 Å². The molecular formula is H5CaFNaO2P. The Hall–Kier alpha value is 2.54. The van der Waals surface area contributed by atoms with Gasteiger partial charge in [-0.15, -0.1) is 0 Å². The van der Waals surface area contributed by atoms with Gasteiger partial charge >= 0.3 is 76.0 Å². The van der Waals surface area contributed by atoms with Crippen molar-refractivity contribution in [3.8, 4) is 0 Å².